The number of hydrogen-bond donors (Lipinski definition) is 6. The molecule has 0 spiro atoms. The molecule has 1 rings (SSSR count). The number of esters is 2. The van der Waals surface area contributed by atoms with E-state index in [0.29, 0.717) is 19.3 Å². The van der Waals surface area contributed by atoms with Crippen LogP contribution < -0.4 is 0 Å². The minimum Gasteiger partial charge on any atom is -0.462 e. The van der Waals surface area contributed by atoms with Crippen molar-refractivity contribution < 1.29 is 63.1 Å². The SMILES string of the molecule is CCCCCCCC/C=C/C/C=C/CCCCC(=O)O[C@@H](COC(=O)CCC/C=C/CCCCCCCCCCCCCCCCCCCC)COP(=O)(O)OC1C(O)C(O)C(O)[C@H](O)C1O. The molecule has 1 saturated carbocycles. The third-order valence-electron chi connectivity index (χ3n) is 12.5. The Labute approximate surface area is 406 Å². The number of phosphoric acid groups is 1. The molecule has 1 fully saturated rings. The van der Waals surface area contributed by atoms with Crippen molar-refractivity contribution >= 4 is 19.8 Å². The van der Waals surface area contributed by atoms with E-state index in [2.05, 4.69) is 50.3 Å². The lowest BCUT2D eigenvalue weighted by Crippen LogP contribution is -2.64. The summed E-state index contributed by atoms with van der Waals surface area (Å²) in [5, 5.41) is 50.3. The van der Waals surface area contributed by atoms with E-state index in [4.69, 9.17) is 18.5 Å². The number of carbonyl (C=O) groups is 2. The first-order valence-electron chi connectivity index (χ1n) is 26.8. The van der Waals surface area contributed by atoms with E-state index >= 15 is 0 Å². The van der Waals surface area contributed by atoms with Crippen molar-refractivity contribution in [1.29, 1.82) is 0 Å². The molecule has 0 aliphatic heterocycles. The summed E-state index contributed by atoms with van der Waals surface area (Å²) in [5.74, 6) is -1.17. The summed E-state index contributed by atoms with van der Waals surface area (Å²) >= 11 is 0. The molecule has 0 radical (unpaired) electrons. The summed E-state index contributed by atoms with van der Waals surface area (Å²) in [6, 6.07) is 0. The summed E-state index contributed by atoms with van der Waals surface area (Å²) in [6.07, 6.45) is 37.9. The van der Waals surface area contributed by atoms with Gasteiger partial charge in [-0.1, -0.05) is 192 Å². The molecular formula is C53H97O13P. The molecule has 0 saturated heterocycles. The van der Waals surface area contributed by atoms with Crippen LogP contribution in [0.2, 0.25) is 0 Å². The van der Waals surface area contributed by atoms with Crippen molar-refractivity contribution in [2.75, 3.05) is 13.2 Å². The van der Waals surface area contributed by atoms with Crippen molar-refractivity contribution in [2.45, 2.75) is 275 Å². The van der Waals surface area contributed by atoms with Gasteiger partial charge in [0, 0.05) is 12.8 Å². The highest BCUT2D eigenvalue weighted by atomic mass is 31.2. The van der Waals surface area contributed by atoms with E-state index in [1.54, 1.807) is 0 Å². The van der Waals surface area contributed by atoms with Gasteiger partial charge >= 0.3 is 19.8 Å². The Bertz CT molecular complexity index is 1310. The number of allylic oxidation sites excluding steroid dienone is 6. The Balaban J connectivity index is 2.38. The zero-order chi connectivity index (χ0) is 49.2. The number of ether oxygens (including phenoxy) is 2. The van der Waals surface area contributed by atoms with Crippen LogP contribution in [0.25, 0.3) is 0 Å². The minimum atomic E-state index is -5.14. The van der Waals surface area contributed by atoms with Crippen LogP contribution in [0.1, 0.15) is 232 Å². The summed E-state index contributed by atoms with van der Waals surface area (Å²) < 4.78 is 33.6. The fourth-order valence-corrected chi connectivity index (χ4v) is 9.12. The van der Waals surface area contributed by atoms with Crippen LogP contribution in [-0.2, 0) is 32.7 Å². The van der Waals surface area contributed by atoms with Gasteiger partial charge in [0.2, 0.25) is 0 Å². The van der Waals surface area contributed by atoms with Crippen molar-refractivity contribution in [2.24, 2.45) is 0 Å². The molecule has 0 amide bonds. The van der Waals surface area contributed by atoms with Crippen molar-refractivity contribution in [3.05, 3.63) is 36.5 Å². The molecular weight excluding hydrogens is 876 g/mol. The molecule has 392 valence electrons. The normalized spacial score (nSPS) is 21.4. The lowest BCUT2D eigenvalue weighted by molar-refractivity contribution is -0.220. The molecule has 1 aliphatic carbocycles. The second kappa shape index (κ2) is 42.9. The highest BCUT2D eigenvalue weighted by Crippen LogP contribution is 2.47. The number of phosphoric ester groups is 1. The van der Waals surface area contributed by atoms with Crippen LogP contribution in [0, 0.1) is 0 Å². The second-order valence-corrected chi connectivity index (χ2v) is 20.1. The average molecular weight is 973 g/mol. The zero-order valence-electron chi connectivity index (χ0n) is 41.9. The monoisotopic (exact) mass is 973 g/mol. The van der Waals surface area contributed by atoms with E-state index in [1.165, 1.54) is 148 Å². The molecule has 14 heteroatoms. The minimum absolute atomic E-state index is 0.0497. The standard InChI is InChI=1S/C53H97O13P/c1-3-5-7-9-11-13-15-17-19-20-21-22-23-24-25-26-28-29-31-33-35-37-39-41-46(54)63-43-45(44-64-67(61,62)66-53-51(59)49(57)48(56)50(58)52(53)60)65-47(55)42-40-38-36-34-32-30-27-18-16-14-12-10-8-6-4-2/h18,27,32-35,45,48-53,56-60H,3-17,19-26,28-31,36-44H2,1-2H3,(H,61,62)/b27-18+,34-32+,35-33+/t45-,48?,49-,50?,51?,52?,53?/m0/s1. The van der Waals surface area contributed by atoms with Crippen LogP contribution in [0.5, 0.6) is 0 Å². The first kappa shape index (κ1) is 63.1. The molecule has 0 heterocycles. The highest BCUT2D eigenvalue weighted by molar-refractivity contribution is 7.47. The van der Waals surface area contributed by atoms with Gasteiger partial charge in [-0.05, 0) is 64.2 Å². The van der Waals surface area contributed by atoms with Crippen molar-refractivity contribution in [3.8, 4) is 0 Å². The predicted octanol–water partition coefficient (Wildman–Crippen LogP) is 11.7. The summed E-state index contributed by atoms with van der Waals surface area (Å²) in [4.78, 5) is 35.8. The third kappa shape index (κ3) is 34.9. The van der Waals surface area contributed by atoms with Gasteiger partial charge in [-0.3, -0.25) is 18.6 Å². The van der Waals surface area contributed by atoms with Crippen LogP contribution in [-0.4, -0.2) is 98.3 Å². The van der Waals surface area contributed by atoms with Gasteiger partial charge in [0.15, 0.2) is 6.10 Å². The molecule has 6 N–H and O–H groups in total. The number of hydrogen-bond acceptors (Lipinski definition) is 12. The van der Waals surface area contributed by atoms with Gasteiger partial charge in [-0.2, -0.15) is 0 Å². The topological polar surface area (TPSA) is 210 Å². The number of aliphatic hydroxyl groups excluding tert-OH is 5. The molecule has 6 unspecified atom stereocenters. The second-order valence-electron chi connectivity index (χ2n) is 18.7. The van der Waals surface area contributed by atoms with E-state index in [0.717, 1.165) is 38.5 Å². The Morgan fingerprint density at radius 1 is 0.463 bits per heavy atom. The molecule has 1 aliphatic rings. The molecule has 8 atom stereocenters. The Kier molecular flexibility index (Phi) is 40.4. The summed E-state index contributed by atoms with van der Waals surface area (Å²) in [5.41, 5.74) is 0. The third-order valence-corrected chi connectivity index (χ3v) is 13.4. The average Bonchev–Trinajstić information content (AvgIpc) is 3.31. The number of carbonyl (C=O) groups excluding carboxylic acids is 2. The number of aliphatic hydroxyl groups is 5. The smallest absolute Gasteiger partial charge is 0.462 e. The molecule has 0 aromatic carbocycles. The number of unbranched alkanes of at least 4 members (excludes halogenated alkanes) is 27. The van der Waals surface area contributed by atoms with Gasteiger partial charge in [0.05, 0.1) is 6.61 Å². The quantitative estimate of drug-likeness (QED) is 0.0145. The van der Waals surface area contributed by atoms with Gasteiger partial charge < -0.3 is 39.9 Å². The Morgan fingerprint density at radius 2 is 0.821 bits per heavy atom. The Morgan fingerprint density at radius 3 is 1.27 bits per heavy atom. The largest absolute Gasteiger partial charge is 0.472 e. The number of rotatable bonds is 45. The molecule has 13 nitrogen and oxygen atoms in total. The van der Waals surface area contributed by atoms with Gasteiger partial charge in [0.25, 0.3) is 0 Å². The van der Waals surface area contributed by atoms with E-state index in [1.807, 2.05) is 0 Å². The lowest BCUT2D eigenvalue weighted by Gasteiger charge is -2.41. The van der Waals surface area contributed by atoms with Crippen molar-refractivity contribution in [1.82, 2.24) is 0 Å². The van der Waals surface area contributed by atoms with Crippen LogP contribution in [0.3, 0.4) is 0 Å². The van der Waals surface area contributed by atoms with Crippen LogP contribution >= 0.6 is 7.82 Å². The van der Waals surface area contributed by atoms with Crippen LogP contribution in [0.4, 0.5) is 0 Å². The predicted molar refractivity (Wildman–Crippen MR) is 267 cm³/mol. The van der Waals surface area contributed by atoms with E-state index < -0.39 is 75.7 Å². The first-order chi connectivity index (χ1) is 32.4. The maximum atomic E-state index is 12.8. The van der Waals surface area contributed by atoms with Crippen LogP contribution in [0.15, 0.2) is 36.5 Å². The van der Waals surface area contributed by atoms with E-state index in [9.17, 15) is 44.6 Å². The van der Waals surface area contributed by atoms with Gasteiger partial charge in [-0.25, -0.2) is 4.57 Å². The highest BCUT2D eigenvalue weighted by Gasteiger charge is 2.51. The van der Waals surface area contributed by atoms with Gasteiger partial charge in [0.1, 0.15) is 43.2 Å². The molecule has 67 heavy (non-hydrogen) atoms. The van der Waals surface area contributed by atoms with Crippen molar-refractivity contribution in [3.63, 3.8) is 0 Å². The molecule has 0 aromatic heterocycles. The maximum absolute atomic E-state index is 12.8. The van der Waals surface area contributed by atoms with E-state index in [-0.39, 0.29) is 12.8 Å². The Hall–Kier alpha value is -1.93. The summed E-state index contributed by atoms with van der Waals surface area (Å²) in [6.45, 7) is 3.27. The first-order valence-corrected chi connectivity index (χ1v) is 28.3. The fourth-order valence-electron chi connectivity index (χ4n) is 8.15. The molecule has 0 aromatic rings. The molecule has 0 bridgehead atoms. The fraction of sp³-hybridized carbons (Fsp3) is 0.849. The lowest BCUT2D eigenvalue weighted by atomic mass is 9.85. The zero-order valence-corrected chi connectivity index (χ0v) is 42.8. The van der Waals surface area contributed by atoms with Gasteiger partial charge in [-0.15, -0.1) is 0 Å². The summed E-state index contributed by atoms with van der Waals surface area (Å²) in [7, 11) is -5.14. The maximum Gasteiger partial charge on any atom is 0.472 e.